The molecule has 0 atom stereocenters. The molecular weight excluding hydrogens is 214 g/mol. The van der Waals surface area contributed by atoms with Gasteiger partial charge in [0.2, 0.25) is 0 Å². The van der Waals surface area contributed by atoms with E-state index >= 15 is 0 Å². The SMILES string of the molecule is CCn1cc(-c2scnc2C(=O)O)cn1. The molecule has 0 bridgehead atoms. The summed E-state index contributed by atoms with van der Waals surface area (Å²) >= 11 is 1.31. The molecule has 0 saturated heterocycles. The van der Waals surface area contributed by atoms with Crippen LogP contribution in [0.5, 0.6) is 0 Å². The van der Waals surface area contributed by atoms with Crippen molar-refractivity contribution in [3.05, 3.63) is 23.6 Å². The van der Waals surface area contributed by atoms with Gasteiger partial charge in [-0.3, -0.25) is 4.68 Å². The average Bonchev–Trinajstić information content (AvgIpc) is 2.85. The van der Waals surface area contributed by atoms with Crippen LogP contribution in [0.4, 0.5) is 0 Å². The molecule has 6 heteroatoms. The zero-order valence-electron chi connectivity index (χ0n) is 8.04. The molecule has 15 heavy (non-hydrogen) atoms. The zero-order chi connectivity index (χ0) is 10.8. The van der Waals surface area contributed by atoms with Gasteiger partial charge >= 0.3 is 5.97 Å². The molecule has 0 radical (unpaired) electrons. The molecule has 0 unspecified atom stereocenters. The fourth-order valence-corrected chi connectivity index (χ4v) is 2.01. The molecule has 1 N–H and O–H groups in total. The topological polar surface area (TPSA) is 68.0 Å². The van der Waals surface area contributed by atoms with Gasteiger partial charge in [-0.05, 0) is 6.92 Å². The summed E-state index contributed by atoms with van der Waals surface area (Å²) in [6.07, 6.45) is 3.48. The molecule has 0 saturated carbocycles. The molecule has 2 rings (SSSR count). The predicted molar refractivity (Wildman–Crippen MR) is 56.0 cm³/mol. The van der Waals surface area contributed by atoms with Gasteiger partial charge < -0.3 is 5.11 Å². The maximum absolute atomic E-state index is 10.8. The molecule has 0 spiro atoms. The fourth-order valence-electron chi connectivity index (χ4n) is 1.26. The van der Waals surface area contributed by atoms with Crippen LogP contribution in [0.2, 0.25) is 0 Å². The van der Waals surface area contributed by atoms with E-state index in [4.69, 9.17) is 5.11 Å². The van der Waals surface area contributed by atoms with Crippen molar-refractivity contribution < 1.29 is 9.90 Å². The number of thiazole rings is 1. The third kappa shape index (κ3) is 1.75. The van der Waals surface area contributed by atoms with Crippen molar-refractivity contribution in [2.45, 2.75) is 13.5 Å². The standard InChI is InChI=1S/C9H9N3O2S/c1-2-12-4-6(3-11-12)8-7(9(13)14)10-5-15-8/h3-5H,2H2,1H3,(H,13,14). The number of nitrogens with zero attached hydrogens (tertiary/aromatic N) is 3. The van der Waals surface area contributed by atoms with Crippen LogP contribution in [0.15, 0.2) is 17.9 Å². The van der Waals surface area contributed by atoms with Gasteiger partial charge in [-0.15, -0.1) is 11.3 Å². The van der Waals surface area contributed by atoms with E-state index in [9.17, 15) is 4.79 Å². The summed E-state index contributed by atoms with van der Waals surface area (Å²) < 4.78 is 1.75. The zero-order valence-corrected chi connectivity index (χ0v) is 8.86. The molecule has 5 nitrogen and oxygen atoms in total. The van der Waals surface area contributed by atoms with Crippen molar-refractivity contribution in [1.29, 1.82) is 0 Å². The lowest BCUT2D eigenvalue weighted by Gasteiger charge is -1.93. The van der Waals surface area contributed by atoms with Gasteiger partial charge in [0.25, 0.3) is 0 Å². The lowest BCUT2D eigenvalue weighted by molar-refractivity contribution is 0.0692. The van der Waals surface area contributed by atoms with Crippen LogP contribution < -0.4 is 0 Å². The van der Waals surface area contributed by atoms with Crippen LogP contribution in [-0.2, 0) is 6.54 Å². The van der Waals surface area contributed by atoms with E-state index in [1.54, 1.807) is 10.9 Å². The van der Waals surface area contributed by atoms with Crippen molar-refractivity contribution >= 4 is 17.3 Å². The summed E-state index contributed by atoms with van der Waals surface area (Å²) in [5, 5.41) is 13.0. The average molecular weight is 223 g/mol. The summed E-state index contributed by atoms with van der Waals surface area (Å²) in [6.45, 7) is 2.74. The Morgan fingerprint density at radius 1 is 1.67 bits per heavy atom. The summed E-state index contributed by atoms with van der Waals surface area (Å²) in [7, 11) is 0. The second kappa shape index (κ2) is 3.82. The Balaban J connectivity index is 2.44. The summed E-state index contributed by atoms with van der Waals surface area (Å²) in [4.78, 5) is 15.3. The number of carbonyl (C=O) groups is 1. The predicted octanol–water partition coefficient (Wildman–Crippen LogP) is 1.72. The van der Waals surface area contributed by atoms with Crippen LogP contribution in [0, 0.1) is 0 Å². The van der Waals surface area contributed by atoms with Gasteiger partial charge in [0.1, 0.15) is 0 Å². The molecule has 0 aliphatic rings. The third-order valence-corrected chi connectivity index (χ3v) is 2.87. The Kier molecular flexibility index (Phi) is 2.51. The number of carboxylic acids is 1. The van der Waals surface area contributed by atoms with E-state index in [1.807, 2.05) is 13.1 Å². The molecular formula is C9H9N3O2S. The molecule has 0 amide bonds. The minimum atomic E-state index is -1.00. The number of rotatable bonds is 3. The van der Waals surface area contributed by atoms with Crippen molar-refractivity contribution in [2.75, 3.05) is 0 Å². The largest absolute Gasteiger partial charge is 0.476 e. The highest BCUT2D eigenvalue weighted by Crippen LogP contribution is 2.26. The molecule has 0 fully saturated rings. The fraction of sp³-hybridized carbons (Fsp3) is 0.222. The highest BCUT2D eigenvalue weighted by molar-refractivity contribution is 7.13. The van der Waals surface area contributed by atoms with Crippen LogP contribution in [-0.4, -0.2) is 25.8 Å². The Morgan fingerprint density at radius 3 is 3.07 bits per heavy atom. The van der Waals surface area contributed by atoms with Gasteiger partial charge in [0, 0.05) is 18.3 Å². The summed E-state index contributed by atoms with van der Waals surface area (Å²) in [5.74, 6) is -1.00. The van der Waals surface area contributed by atoms with Crippen LogP contribution in [0.3, 0.4) is 0 Å². The number of aryl methyl sites for hydroxylation is 1. The van der Waals surface area contributed by atoms with Crippen LogP contribution in [0.1, 0.15) is 17.4 Å². The lowest BCUT2D eigenvalue weighted by Crippen LogP contribution is -1.97. The lowest BCUT2D eigenvalue weighted by atomic mass is 10.2. The smallest absolute Gasteiger partial charge is 0.356 e. The van der Waals surface area contributed by atoms with Crippen molar-refractivity contribution in [3.8, 4) is 10.4 Å². The summed E-state index contributed by atoms with van der Waals surface area (Å²) in [6, 6.07) is 0. The van der Waals surface area contributed by atoms with E-state index in [1.165, 1.54) is 16.8 Å². The van der Waals surface area contributed by atoms with E-state index in [0.29, 0.717) is 4.88 Å². The first kappa shape index (κ1) is 9.85. The van der Waals surface area contributed by atoms with Crippen LogP contribution >= 0.6 is 11.3 Å². The molecule has 2 heterocycles. The van der Waals surface area contributed by atoms with Crippen LogP contribution in [0.25, 0.3) is 10.4 Å². The van der Waals surface area contributed by atoms with Crippen molar-refractivity contribution in [3.63, 3.8) is 0 Å². The monoisotopic (exact) mass is 223 g/mol. The van der Waals surface area contributed by atoms with Gasteiger partial charge in [-0.1, -0.05) is 0 Å². The second-order valence-electron chi connectivity index (χ2n) is 2.92. The number of hydrogen-bond acceptors (Lipinski definition) is 4. The molecule has 78 valence electrons. The quantitative estimate of drug-likeness (QED) is 0.860. The Hall–Kier alpha value is -1.69. The van der Waals surface area contributed by atoms with Gasteiger partial charge in [0.05, 0.1) is 16.6 Å². The minimum absolute atomic E-state index is 0.0932. The normalized spacial score (nSPS) is 10.5. The van der Waals surface area contributed by atoms with E-state index in [0.717, 1.165) is 12.1 Å². The first-order valence-electron chi connectivity index (χ1n) is 4.42. The van der Waals surface area contributed by atoms with Crippen molar-refractivity contribution in [2.24, 2.45) is 0 Å². The van der Waals surface area contributed by atoms with E-state index < -0.39 is 5.97 Å². The highest BCUT2D eigenvalue weighted by Gasteiger charge is 2.16. The Morgan fingerprint density at radius 2 is 2.47 bits per heavy atom. The minimum Gasteiger partial charge on any atom is -0.476 e. The first-order valence-corrected chi connectivity index (χ1v) is 5.30. The van der Waals surface area contributed by atoms with Gasteiger partial charge in [-0.25, -0.2) is 9.78 Å². The molecule has 2 aromatic rings. The van der Waals surface area contributed by atoms with Crippen molar-refractivity contribution in [1.82, 2.24) is 14.8 Å². The number of carboxylic acid groups (broad SMARTS) is 1. The number of aromatic carboxylic acids is 1. The highest BCUT2D eigenvalue weighted by atomic mass is 32.1. The number of aromatic nitrogens is 3. The maximum Gasteiger partial charge on any atom is 0.356 e. The van der Waals surface area contributed by atoms with E-state index in [-0.39, 0.29) is 5.69 Å². The second-order valence-corrected chi connectivity index (χ2v) is 3.77. The number of hydrogen-bond donors (Lipinski definition) is 1. The summed E-state index contributed by atoms with van der Waals surface area (Å²) in [5.41, 5.74) is 2.43. The Bertz CT molecular complexity index is 489. The molecule has 0 aliphatic heterocycles. The first-order chi connectivity index (χ1) is 7.22. The molecule has 2 aromatic heterocycles. The van der Waals surface area contributed by atoms with Gasteiger partial charge in [0.15, 0.2) is 5.69 Å². The molecule has 0 aliphatic carbocycles. The van der Waals surface area contributed by atoms with Gasteiger partial charge in [-0.2, -0.15) is 5.10 Å². The maximum atomic E-state index is 10.8. The molecule has 0 aromatic carbocycles. The van der Waals surface area contributed by atoms with E-state index in [2.05, 4.69) is 10.1 Å². The third-order valence-electron chi connectivity index (χ3n) is 1.99. The Labute approximate surface area is 90.0 Å².